The zero-order chi connectivity index (χ0) is 10.1. The SMILES string of the molecule is C#CCSCC1[C@@H](C(=O)O)C1(C)C. The average molecular weight is 198 g/mol. The first-order chi connectivity index (χ1) is 6.01. The lowest BCUT2D eigenvalue weighted by Crippen LogP contribution is -2.03. The lowest BCUT2D eigenvalue weighted by atomic mass is 10.1. The van der Waals surface area contributed by atoms with Crippen LogP contribution >= 0.6 is 11.8 Å². The highest BCUT2D eigenvalue weighted by Gasteiger charge is 2.61. The second-order valence-electron chi connectivity index (χ2n) is 3.96. The van der Waals surface area contributed by atoms with E-state index in [0.29, 0.717) is 11.7 Å². The lowest BCUT2D eigenvalue weighted by Gasteiger charge is -1.99. The van der Waals surface area contributed by atoms with Crippen molar-refractivity contribution in [3.8, 4) is 12.3 Å². The van der Waals surface area contributed by atoms with E-state index in [1.54, 1.807) is 11.8 Å². The Kier molecular flexibility index (Phi) is 2.92. The highest BCUT2D eigenvalue weighted by atomic mass is 32.2. The third-order valence-electron chi connectivity index (χ3n) is 2.80. The molecule has 0 aliphatic heterocycles. The van der Waals surface area contributed by atoms with Gasteiger partial charge < -0.3 is 5.11 Å². The van der Waals surface area contributed by atoms with Crippen LogP contribution in [0.25, 0.3) is 0 Å². The third-order valence-corrected chi connectivity index (χ3v) is 3.76. The van der Waals surface area contributed by atoms with Gasteiger partial charge in [0, 0.05) is 0 Å². The molecule has 0 amide bonds. The summed E-state index contributed by atoms with van der Waals surface area (Å²) in [4.78, 5) is 10.8. The minimum Gasteiger partial charge on any atom is -0.481 e. The van der Waals surface area contributed by atoms with Gasteiger partial charge in [0.25, 0.3) is 0 Å². The summed E-state index contributed by atoms with van der Waals surface area (Å²) in [6, 6.07) is 0. The standard InChI is InChI=1S/C10H14O2S/c1-4-5-13-6-7-8(9(11)12)10(7,2)3/h1,7-8H,5-6H2,2-3H3,(H,11,12)/t7?,8-/m0/s1. The quantitative estimate of drug-likeness (QED) is 0.552. The molecule has 0 aromatic heterocycles. The Morgan fingerprint density at radius 3 is 2.69 bits per heavy atom. The molecule has 0 radical (unpaired) electrons. The van der Waals surface area contributed by atoms with Crippen LogP contribution in [-0.2, 0) is 4.79 Å². The molecular formula is C10H14O2S. The first-order valence-electron chi connectivity index (χ1n) is 4.25. The molecule has 0 saturated heterocycles. The molecular weight excluding hydrogens is 184 g/mol. The van der Waals surface area contributed by atoms with Crippen LogP contribution < -0.4 is 0 Å². The van der Waals surface area contributed by atoms with Crippen LogP contribution in [-0.4, -0.2) is 22.6 Å². The number of carbonyl (C=O) groups is 1. The number of rotatable bonds is 4. The molecule has 2 nitrogen and oxygen atoms in total. The third kappa shape index (κ3) is 2.00. The van der Waals surface area contributed by atoms with E-state index >= 15 is 0 Å². The van der Waals surface area contributed by atoms with Crippen molar-refractivity contribution in [2.24, 2.45) is 17.3 Å². The van der Waals surface area contributed by atoms with Gasteiger partial charge in [-0.05, 0) is 17.1 Å². The Labute approximate surface area is 83.1 Å². The first kappa shape index (κ1) is 10.5. The second-order valence-corrected chi connectivity index (χ2v) is 4.99. The smallest absolute Gasteiger partial charge is 0.307 e. The Balaban J connectivity index is 2.38. The molecule has 3 heteroatoms. The van der Waals surface area contributed by atoms with Crippen molar-refractivity contribution >= 4 is 17.7 Å². The zero-order valence-corrected chi connectivity index (χ0v) is 8.73. The molecule has 1 aliphatic rings. The maximum atomic E-state index is 10.8. The van der Waals surface area contributed by atoms with Crippen LogP contribution in [0.15, 0.2) is 0 Å². The number of hydrogen-bond acceptors (Lipinski definition) is 2. The fraction of sp³-hybridized carbons (Fsp3) is 0.700. The number of carboxylic acids is 1. The van der Waals surface area contributed by atoms with Gasteiger partial charge >= 0.3 is 5.97 Å². The van der Waals surface area contributed by atoms with E-state index in [1.807, 2.05) is 13.8 Å². The molecule has 0 aromatic carbocycles. The van der Waals surface area contributed by atoms with E-state index in [9.17, 15) is 4.79 Å². The van der Waals surface area contributed by atoms with Crippen LogP contribution in [0.5, 0.6) is 0 Å². The van der Waals surface area contributed by atoms with E-state index in [1.165, 1.54) is 0 Å². The Bertz CT molecular complexity index is 252. The number of carboxylic acid groups (broad SMARTS) is 1. The molecule has 1 fully saturated rings. The van der Waals surface area contributed by atoms with E-state index < -0.39 is 5.97 Å². The first-order valence-corrected chi connectivity index (χ1v) is 5.41. The maximum absolute atomic E-state index is 10.8. The van der Waals surface area contributed by atoms with Crippen molar-refractivity contribution < 1.29 is 9.90 Å². The van der Waals surface area contributed by atoms with Gasteiger partial charge in [0.15, 0.2) is 0 Å². The van der Waals surface area contributed by atoms with E-state index in [-0.39, 0.29) is 11.3 Å². The molecule has 0 aromatic rings. The molecule has 1 saturated carbocycles. The molecule has 13 heavy (non-hydrogen) atoms. The highest BCUT2D eigenvalue weighted by Crippen LogP contribution is 2.59. The van der Waals surface area contributed by atoms with Crippen LogP contribution in [0, 0.1) is 29.6 Å². The van der Waals surface area contributed by atoms with Crippen molar-refractivity contribution in [2.45, 2.75) is 13.8 Å². The second kappa shape index (κ2) is 3.63. The van der Waals surface area contributed by atoms with Gasteiger partial charge in [-0.2, -0.15) is 0 Å². The van der Waals surface area contributed by atoms with Crippen LogP contribution in [0.3, 0.4) is 0 Å². The van der Waals surface area contributed by atoms with E-state index in [2.05, 4.69) is 5.92 Å². The number of terminal acetylenes is 1. The average Bonchev–Trinajstić information content (AvgIpc) is 2.54. The fourth-order valence-corrected chi connectivity index (χ4v) is 2.90. The number of hydrogen-bond donors (Lipinski definition) is 1. The summed E-state index contributed by atoms with van der Waals surface area (Å²) in [5, 5.41) is 8.87. The van der Waals surface area contributed by atoms with Gasteiger partial charge in [0.1, 0.15) is 0 Å². The molecule has 0 bridgehead atoms. The van der Waals surface area contributed by atoms with Gasteiger partial charge in [-0.25, -0.2) is 0 Å². The monoisotopic (exact) mass is 198 g/mol. The molecule has 1 rings (SSSR count). The van der Waals surface area contributed by atoms with Crippen molar-refractivity contribution in [1.29, 1.82) is 0 Å². The maximum Gasteiger partial charge on any atom is 0.307 e. The van der Waals surface area contributed by atoms with Crippen LogP contribution in [0.2, 0.25) is 0 Å². The van der Waals surface area contributed by atoms with Crippen LogP contribution in [0.4, 0.5) is 0 Å². The Morgan fingerprint density at radius 2 is 2.31 bits per heavy atom. The molecule has 1 aliphatic carbocycles. The molecule has 1 unspecified atom stereocenters. The van der Waals surface area contributed by atoms with Crippen molar-refractivity contribution in [2.75, 3.05) is 11.5 Å². The normalized spacial score (nSPS) is 29.3. The Hall–Kier alpha value is -0.620. The fourth-order valence-electron chi connectivity index (χ4n) is 1.79. The molecule has 2 atom stereocenters. The number of thioether (sulfide) groups is 1. The topological polar surface area (TPSA) is 37.3 Å². The zero-order valence-electron chi connectivity index (χ0n) is 7.91. The predicted molar refractivity (Wildman–Crippen MR) is 54.6 cm³/mol. The summed E-state index contributed by atoms with van der Waals surface area (Å²) in [5.74, 6) is 3.54. The minimum absolute atomic E-state index is 0.0343. The van der Waals surface area contributed by atoms with Gasteiger partial charge in [-0.1, -0.05) is 19.8 Å². The summed E-state index contributed by atoms with van der Waals surface area (Å²) in [6.07, 6.45) is 5.11. The van der Waals surface area contributed by atoms with Gasteiger partial charge in [0.2, 0.25) is 0 Å². The van der Waals surface area contributed by atoms with Gasteiger partial charge in [-0.3, -0.25) is 4.79 Å². The number of aliphatic carboxylic acids is 1. The van der Waals surface area contributed by atoms with Crippen molar-refractivity contribution in [1.82, 2.24) is 0 Å². The molecule has 0 spiro atoms. The summed E-state index contributed by atoms with van der Waals surface area (Å²) in [6.45, 7) is 4.01. The summed E-state index contributed by atoms with van der Waals surface area (Å²) in [7, 11) is 0. The van der Waals surface area contributed by atoms with E-state index in [0.717, 1.165) is 5.75 Å². The molecule has 1 N–H and O–H groups in total. The lowest BCUT2D eigenvalue weighted by molar-refractivity contribution is -0.139. The minimum atomic E-state index is -0.670. The molecule has 72 valence electrons. The largest absolute Gasteiger partial charge is 0.481 e. The van der Waals surface area contributed by atoms with E-state index in [4.69, 9.17) is 11.5 Å². The van der Waals surface area contributed by atoms with Crippen LogP contribution in [0.1, 0.15) is 13.8 Å². The summed E-state index contributed by atoms with van der Waals surface area (Å²) in [5.41, 5.74) is -0.0343. The Morgan fingerprint density at radius 1 is 1.69 bits per heavy atom. The van der Waals surface area contributed by atoms with Crippen molar-refractivity contribution in [3.05, 3.63) is 0 Å². The predicted octanol–water partition coefficient (Wildman–Crippen LogP) is 1.71. The summed E-state index contributed by atoms with van der Waals surface area (Å²) >= 11 is 1.65. The molecule has 0 heterocycles. The van der Waals surface area contributed by atoms with Gasteiger partial charge in [0.05, 0.1) is 11.7 Å². The van der Waals surface area contributed by atoms with Gasteiger partial charge in [-0.15, -0.1) is 18.2 Å². The summed E-state index contributed by atoms with van der Waals surface area (Å²) < 4.78 is 0. The highest BCUT2D eigenvalue weighted by molar-refractivity contribution is 7.99. The van der Waals surface area contributed by atoms with Crippen molar-refractivity contribution in [3.63, 3.8) is 0 Å².